The molecular formula is CH6ClIN2. The SMILES string of the molecule is Cl.I.N=CN. The van der Waals surface area contributed by atoms with Gasteiger partial charge in [0.15, 0.2) is 0 Å². The normalized spacial score (nSPS) is 2.40. The third-order valence-electron chi connectivity index (χ3n) is 0. The number of nitrogens with two attached hydrogens (primary N) is 1. The Morgan fingerprint density at radius 1 is 1.60 bits per heavy atom. The average molecular weight is 208 g/mol. The van der Waals surface area contributed by atoms with Crippen LogP contribution in [0.15, 0.2) is 0 Å². The van der Waals surface area contributed by atoms with Crippen molar-refractivity contribution >= 4 is 42.7 Å². The Balaban J connectivity index is -0.0000000200. The fraction of sp³-hybridized carbons (Fsp3) is 0. The largest absolute Gasteiger partial charge is 0.390 e. The summed E-state index contributed by atoms with van der Waals surface area (Å²) in [4.78, 5) is 0. The van der Waals surface area contributed by atoms with E-state index >= 15 is 0 Å². The summed E-state index contributed by atoms with van der Waals surface area (Å²) >= 11 is 0. The summed E-state index contributed by atoms with van der Waals surface area (Å²) in [6.07, 6.45) is 0.750. The van der Waals surface area contributed by atoms with Crippen molar-refractivity contribution in [2.45, 2.75) is 0 Å². The van der Waals surface area contributed by atoms with Gasteiger partial charge in [0.05, 0.1) is 6.34 Å². The summed E-state index contributed by atoms with van der Waals surface area (Å²) < 4.78 is 0. The quantitative estimate of drug-likeness (QED) is 0.342. The minimum atomic E-state index is 0. The topological polar surface area (TPSA) is 49.9 Å². The maximum absolute atomic E-state index is 5.86. The summed E-state index contributed by atoms with van der Waals surface area (Å²) in [5.74, 6) is 0. The van der Waals surface area contributed by atoms with Gasteiger partial charge >= 0.3 is 0 Å². The molecule has 0 spiro atoms. The first-order chi connectivity index (χ1) is 1.41. The predicted molar refractivity (Wildman–Crippen MR) is 35.6 cm³/mol. The van der Waals surface area contributed by atoms with Crippen molar-refractivity contribution in [3.05, 3.63) is 0 Å². The lowest BCUT2D eigenvalue weighted by Gasteiger charge is -1.38. The van der Waals surface area contributed by atoms with E-state index in [1.54, 1.807) is 0 Å². The van der Waals surface area contributed by atoms with E-state index in [0.717, 1.165) is 6.34 Å². The smallest absolute Gasteiger partial charge is 0.0765 e. The van der Waals surface area contributed by atoms with Crippen molar-refractivity contribution in [3.63, 3.8) is 0 Å². The molecule has 34 valence electrons. The molecule has 0 aliphatic carbocycles. The van der Waals surface area contributed by atoms with Crippen molar-refractivity contribution in [1.29, 1.82) is 5.41 Å². The molecule has 4 heteroatoms. The lowest BCUT2D eigenvalue weighted by atomic mass is 11.4. The van der Waals surface area contributed by atoms with Gasteiger partial charge in [-0.2, -0.15) is 0 Å². The van der Waals surface area contributed by atoms with Gasteiger partial charge in [0, 0.05) is 0 Å². The van der Waals surface area contributed by atoms with E-state index in [-0.39, 0.29) is 36.4 Å². The summed E-state index contributed by atoms with van der Waals surface area (Å²) in [5, 5.41) is 5.86. The van der Waals surface area contributed by atoms with Crippen molar-refractivity contribution in [2.75, 3.05) is 0 Å². The Kier molecular flexibility index (Phi) is 87.9. The molecule has 0 aliphatic heterocycles. The van der Waals surface area contributed by atoms with Gasteiger partial charge in [-0.05, 0) is 0 Å². The molecule has 5 heavy (non-hydrogen) atoms. The molecular weight excluding hydrogens is 202 g/mol. The van der Waals surface area contributed by atoms with Gasteiger partial charge in [-0.3, -0.25) is 5.41 Å². The van der Waals surface area contributed by atoms with Crippen molar-refractivity contribution < 1.29 is 0 Å². The maximum Gasteiger partial charge on any atom is 0.0765 e. The third kappa shape index (κ3) is 116. The number of hydrogen-bond donors (Lipinski definition) is 2. The highest BCUT2D eigenvalue weighted by molar-refractivity contribution is 14.0. The highest BCUT2D eigenvalue weighted by atomic mass is 127. The first-order valence-electron chi connectivity index (χ1n) is 0.622. The molecule has 0 aromatic rings. The zero-order valence-corrected chi connectivity index (χ0v) is 5.62. The van der Waals surface area contributed by atoms with E-state index in [2.05, 4.69) is 5.73 Å². The van der Waals surface area contributed by atoms with Crippen LogP contribution in [0.3, 0.4) is 0 Å². The Labute approximate surface area is 54.1 Å². The molecule has 0 aromatic carbocycles. The lowest BCUT2D eigenvalue weighted by molar-refractivity contribution is 1.52. The molecule has 0 saturated carbocycles. The van der Waals surface area contributed by atoms with Gasteiger partial charge in [-0.25, -0.2) is 0 Å². The molecule has 3 N–H and O–H groups in total. The second-order valence-corrected chi connectivity index (χ2v) is 0.167. The Morgan fingerprint density at radius 2 is 1.60 bits per heavy atom. The van der Waals surface area contributed by atoms with E-state index in [4.69, 9.17) is 5.41 Å². The van der Waals surface area contributed by atoms with Crippen LogP contribution < -0.4 is 5.73 Å². The molecule has 0 atom stereocenters. The first kappa shape index (κ1) is 17.9. The number of rotatable bonds is 0. The van der Waals surface area contributed by atoms with Crippen molar-refractivity contribution in [2.24, 2.45) is 5.73 Å². The average Bonchev–Trinajstić information content (AvgIpc) is 0.918. The predicted octanol–water partition coefficient (Wildman–Crippen LogP) is 0.592. The molecule has 0 saturated heterocycles. The van der Waals surface area contributed by atoms with Crippen LogP contribution in [0.5, 0.6) is 0 Å². The van der Waals surface area contributed by atoms with Crippen LogP contribution in [0.2, 0.25) is 0 Å². The molecule has 0 fully saturated rings. The second-order valence-electron chi connectivity index (χ2n) is 0.167. The minimum Gasteiger partial charge on any atom is -0.390 e. The molecule has 0 amide bonds. The Hall–Kier alpha value is 0.490. The minimum absolute atomic E-state index is 0. The fourth-order valence-electron chi connectivity index (χ4n) is 0. The van der Waals surface area contributed by atoms with Crippen LogP contribution in [0.25, 0.3) is 0 Å². The molecule has 0 aromatic heterocycles. The number of halogens is 2. The molecule has 0 rings (SSSR count). The lowest BCUT2D eigenvalue weighted by Crippen LogP contribution is -1.81. The van der Waals surface area contributed by atoms with Gasteiger partial charge in [0.1, 0.15) is 0 Å². The maximum atomic E-state index is 5.86. The highest BCUT2D eigenvalue weighted by Gasteiger charge is 1.10. The summed E-state index contributed by atoms with van der Waals surface area (Å²) in [5.41, 5.74) is 4.39. The van der Waals surface area contributed by atoms with Gasteiger partial charge in [-0.15, -0.1) is 36.4 Å². The zero-order valence-electron chi connectivity index (χ0n) is 2.47. The first-order valence-corrected chi connectivity index (χ1v) is 0.622. The standard InChI is InChI=1S/CH4N2.ClH.HI/c2-1-3;;/h1H,(H3,2,3);2*1H. The molecule has 0 radical (unpaired) electrons. The van der Waals surface area contributed by atoms with Gasteiger partial charge < -0.3 is 5.73 Å². The number of hydrogen-bond acceptors (Lipinski definition) is 1. The van der Waals surface area contributed by atoms with Gasteiger partial charge in [0.2, 0.25) is 0 Å². The van der Waals surface area contributed by atoms with E-state index in [1.807, 2.05) is 0 Å². The molecule has 0 aliphatic rings. The van der Waals surface area contributed by atoms with E-state index in [0.29, 0.717) is 0 Å². The van der Waals surface area contributed by atoms with Gasteiger partial charge in [0.25, 0.3) is 0 Å². The third-order valence-corrected chi connectivity index (χ3v) is 0. The van der Waals surface area contributed by atoms with E-state index in [9.17, 15) is 0 Å². The van der Waals surface area contributed by atoms with Crippen LogP contribution in [-0.4, -0.2) is 6.34 Å². The monoisotopic (exact) mass is 208 g/mol. The Morgan fingerprint density at radius 3 is 1.60 bits per heavy atom. The van der Waals surface area contributed by atoms with Crippen LogP contribution in [-0.2, 0) is 0 Å². The molecule has 0 heterocycles. The van der Waals surface area contributed by atoms with Crippen LogP contribution in [0, 0.1) is 5.41 Å². The van der Waals surface area contributed by atoms with Gasteiger partial charge in [-0.1, -0.05) is 0 Å². The molecule has 0 unspecified atom stereocenters. The number of nitrogens with one attached hydrogen (secondary N) is 1. The fourth-order valence-corrected chi connectivity index (χ4v) is 0. The summed E-state index contributed by atoms with van der Waals surface area (Å²) in [6.45, 7) is 0. The van der Waals surface area contributed by atoms with Crippen LogP contribution in [0.1, 0.15) is 0 Å². The van der Waals surface area contributed by atoms with E-state index < -0.39 is 0 Å². The van der Waals surface area contributed by atoms with Crippen LogP contribution in [0.4, 0.5) is 0 Å². The van der Waals surface area contributed by atoms with Crippen molar-refractivity contribution in [3.8, 4) is 0 Å². The summed E-state index contributed by atoms with van der Waals surface area (Å²) in [7, 11) is 0. The highest BCUT2D eigenvalue weighted by Crippen LogP contribution is 0.886. The summed E-state index contributed by atoms with van der Waals surface area (Å²) in [6, 6.07) is 0. The zero-order chi connectivity index (χ0) is 2.71. The van der Waals surface area contributed by atoms with Crippen molar-refractivity contribution in [1.82, 2.24) is 0 Å². The second kappa shape index (κ2) is 24.6. The molecule has 0 bridgehead atoms. The molecule has 2 nitrogen and oxygen atoms in total. The Bertz CT molecular complexity index is 17.1. The van der Waals surface area contributed by atoms with E-state index in [1.165, 1.54) is 0 Å². The van der Waals surface area contributed by atoms with Crippen LogP contribution >= 0.6 is 36.4 Å².